The van der Waals surface area contributed by atoms with E-state index in [9.17, 15) is 9.90 Å². The second kappa shape index (κ2) is 6.87. The van der Waals surface area contributed by atoms with Gasteiger partial charge in [-0.25, -0.2) is 0 Å². The first-order chi connectivity index (χ1) is 8.53. The summed E-state index contributed by atoms with van der Waals surface area (Å²) in [6.07, 6.45) is 0. The fourth-order valence-electron chi connectivity index (χ4n) is 1.58. The number of aliphatic hydroxyl groups excluding tert-OH is 1. The van der Waals surface area contributed by atoms with Crippen molar-refractivity contribution in [1.29, 1.82) is 0 Å². The number of aliphatic hydroxyl groups is 1. The topological polar surface area (TPSA) is 58.6 Å². The minimum atomic E-state index is -0.582. The fraction of sp³-hybridized carbons (Fsp3) is 0.462. The van der Waals surface area contributed by atoms with Crippen LogP contribution in [0.25, 0.3) is 0 Å². The van der Waals surface area contributed by atoms with Gasteiger partial charge in [-0.1, -0.05) is 46.3 Å². The van der Waals surface area contributed by atoms with Crippen LogP contribution in [0.3, 0.4) is 0 Å². The molecule has 18 heavy (non-hydrogen) atoms. The summed E-state index contributed by atoms with van der Waals surface area (Å²) in [6, 6.07) is 9.62. The van der Waals surface area contributed by atoms with E-state index in [-0.39, 0.29) is 12.6 Å². The van der Waals surface area contributed by atoms with Gasteiger partial charge in [-0.05, 0) is 12.5 Å². The molecular formula is C13H18BrNO3. The molecule has 0 heterocycles. The summed E-state index contributed by atoms with van der Waals surface area (Å²) in [5.74, 6) is -0.337. The molecule has 2 atom stereocenters. The van der Waals surface area contributed by atoms with E-state index in [1.807, 2.05) is 37.3 Å². The highest BCUT2D eigenvalue weighted by atomic mass is 79.9. The predicted octanol–water partition coefficient (Wildman–Crippen LogP) is 1.42. The van der Waals surface area contributed by atoms with Gasteiger partial charge in [-0.3, -0.25) is 4.79 Å². The normalized spacial score (nSPS) is 15.8. The van der Waals surface area contributed by atoms with Crippen LogP contribution < -0.4 is 5.32 Å². The molecule has 100 valence electrons. The van der Waals surface area contributed by atoms with Crippen molar-refractivity contribution in [2.24, 2.45) is 0 Å². The standard InChI is InChI=1S/C13H18BrNO3/c1-13(9-16,10-6-4-3-5-7-10)15-8-11(14)12(17)18-2/h3-7,11,15-16H,8-9H2,1-2H3. The lowest BCUT2D eigenvalue weighted by atomic mass is 9.93. The maximum absolute atomic E-state index is 11.3. The molecule has 1 aromatic carbocycles. The van der Waals surface area contributed by atoms with Crippen molar-refractivity contribution in [3.8, 4) is 0 Å². The number of rotatable bonds is 6. The lowest BCUT2D eigenvalue weighted by Gasteiger charge is -2.30. The number of hydrogen-bond donors (Lipinski definition) is 2. The van der Waals surface area contributed by atoms with E-state index >= 15 is 0 Å². The van der Waals surface area contributed by atoms with Crippen molar-refractivity contribution in [3.63, 3.8) is 0 Å². The monoisotopic (exact) mass is 315 g/mol. The van der Waals surface area contributed by atoms with Crippen molar-refractivity contribution >= 4 is 21.9 Å². The van der Waals surface area contributed by atoms with Crippen LogP contribution in [0.15, 0.2) is 30.3 Å². The van der Waals surface area contributed by atoms with Gasteiger partial charge in [0.1, 0.15) is 4.83 Å². The number of nitrogens with one attached hydrogen (secondary N) is 1. The highest BCUT2D eigenvalue weighted by Gasteiger charge is 2.27. The first-order valence-electron chi connectivity index (χ1n) is 5.67. The van der Waals surface area contributed by atoms with Crippen LogP contribution in [0.1, 0.15) is 12.5 Å². The first-order valence-corrected chi connectivity index (χ1v) is 6.58. The minimum Gasteiger partial charge on any atom is -0.468 e. The van der Waals surface area contributed by atoms with Crippen molar-refractivity contribution in [2.75, 3.05) is 20.3 Å². The third kappa shape index (κ3) is 3.80. The van der Waals surface area contributed by atoms with Crippen LogP contribution in [-0.4, -0.2) is 36.2 Å². The molecule has 0 aromatic heterocycles. The summed E-state index contributed by atoms with van der Waals surface area (Å²) >= 11 is 3.24. The fourth-order valence-corrected chi connectivity index (χ4v) is 1.93. The van der Waals surface area contributed by atoms with Gasteiger partial charge < -0.3 is 15.2 Å². The van der Waals surface area contributed by atoms with Gasteiger partial charge in [0.05, 0.1) is 19.3 Å². The summed E-state index contributed by atoms with van der Waals surface area (Å²) in [7, 11) is 1.35. The second-order valence-corrected chi connectivity index (χ2v) is 5.33. The predicted molar refractivity (Wildman–Crippen MR) is 73.6 cm³/mol. The highest BCUT2D eigenvalue weighted by molar-refractivity contribution is 9.10. The Morgan fingerprint density at radius 1 is 1.50 bits per heavy atom. The highest BCUT2D eigenvalue weighted by Crippen LogP contribution is 2.20. The molecule has 1 aromatic rings. The third-order valence-corrected chi connectivity index (χ3v) is 3.55. The Hall–Kier alpha value is -0.910. The van der Waals surface area contributed by atoms with Gasteiger partial charge >= 0.3 is 5.97 Å². The smallest absolute Gasteiger partial charge is 0.320 e. The summed E-state index contributed by atoms with van der Waals surface area (Å²) in [5.41, 5.74) is 0.387. The Bertz CT molecular complexity index is 385. The Balaban J connectivity index is 2.70. The molecule has 0 aliphatic heterocycles. The van der Waals surface area contributed by atoms with Crippen LogP contribution in [-0.2, 0) is 15.1 Å². The molecule has 0 aliphatic carbocycles. The molecule has 2 unspecified atom stereocenters. The van der Waals surface area contributed by atoms with Crippen molar-refractivity contribution in [2.45, 2.75) is 17.3 Å². The quantitative estimate of drug-likeness (QED) is 0.616. The largest absolute Gasteiger partial charge is 0.468 e. The Morgan fingerprint density at radius 3 is 2.61 bits per heavy atom. The number of alkyl halides is 1. The summed E-state index contributed by atoms with van der Waals surface area (Å²) in [6.45, 7) is 2.20. The van der Waals surface area contributed by atoms with Crippen LogP contribution in [0, 0.1) is 0 Å². The number of hydrogen-bond acceptors (Lipinski definition) is 4. The summed E-state index contributed by atoms with van der Waals surface area (Å²) in [5, 5.41) is 12.7. The Labute approximate surface area is 115 Å². The number of carbonyl (C=O) groups excluding carboxylic acids is 1. The molecule has 4 nitrogen and oxygen atoms in total. The lowest BCUT2D eigenvalue weighted by molar-refractivity contribution is -0.139. The summed E-state index contributed by atoms with van der Waals surface area (Å²) < 4.78 is 4.63. The third-order valence-electron chi connectivity index (χ3n) is 2.86. The number of methoxy groups -OCH3 is 1. The SMILES string of the molecule is COC(=O)C(Br)CNC(C)(CO)c1ccccc1. The second-order valence-electron chi connectivity index (χ2n) is 4.23. The van der Waals surface area contributed by atoms with E-state index < -0.39 is 10.4 Å². The molecule has 0 amide bonds. The van der Waals surface area contributed by atoms with Gasteiger partial charge in [0.15, 0.2) is 0 Å². The maximum Gasteiger partial charge on any atom is 0.320 e. The van der Waals surface area contributed by atoms with Crippen molar-refractivity contribution in [1.82, 2.24) is 5.32 Å². The molecule has 0 aliphatic rings. The minimum absolute atomic E-state index is 0.0576. The molecule has 0 radical (unpaired) electrons. The number of benzene rings is 1. The van der Waals surface area contributed by atoms with E-state index in [0.29, 0.717) is 6.54 Å². The van der Waals surface area contributed by atoms with E-state index in [1.165, 1.54) is 7.11 Å². The number of esters is 1. The van der Waals surface area contributed by atoms with E-state index in [0.717, 1.165) is 5.56 Å². The van der Waals surface area contributed by atoms with Gasteiger partial charge in [0.2, 0.25) is 0 Å². The van der Waals surface area contributed by atoms with Crippen LogP contribution in [0.2, 0.25) is 0 Å². The van der Waals surface area contributed by atoms with E-state index in [4.69, 9.17) is 0 Å². The van der Waals surface area contributed by atoms with Crippen LogP contribution in [0.5, 0.6) is 0 Å². The van der Waals surface area contributed by atoms with Crippen LogP contribution >= 0.6 is 15.9 Å². The molecular weight excluding hydrogens is 298 g/mol. The maximum atomic E-state index is 11.3. The first kappa shape index (κ1) is 15.1. The molecule has 0 fully saturated rings. The molecule has 0 saturated heterocycles. The molecule has 0 bridgehead atoms. The Kier molecular flexibility index (Phi) is 5.78. The molecule has 0 saturated carbocycles. The molecule has 2 N–H and O–H groups in total. The van der Waals surface area contributed by atoms with Gasteiger partial charge in [-0.2, -0.15) is 0 Å². The summed E-state index contributed by atoms with van der Waals surface area (Å²) in [4.78, 5) is 10.8. The zero-order chi connectivity index (χ0) is 13.6. The molecule has 0 spiro atoms. The average molecular weight is 316 g/mol. The number of carbonyl (C=O) groups is 1. The molecule has 5 heteroatoms. The number of halogens is 1. The van der Waals surface area contributed by atoms with Crippen molar-refractivity contribution in [3.05, 3.63) is 35.9 Å². The lowest BCUT2D eigenvalue weighted by Crippen LogP contribution is -2.46. The van der Waals surface area contributed by atoms with Crippen LogP contribution in [0.4, 0.5) is 0 Å². The van der Waals surface area contributed by atoms with E-state index in [1.54, 1.807) is 0 Å². The van der Waals surface area contributed by atoms with E-state index in [2.05, 4.69) is 26.0 Å². The van der Waals surface area contributed by atoms with Gasteiger partial charge in [0.25, 0.3) is 0 Å². The zero-order valence-corrected chi connectivity index (χ0v) is 12.1. The van der Waals surface area contributed by atoms with Gasteiger partial charge in [0, 0.05) is 6.54 Å². The average Bonchev–Trinajstić information content (AvgIpc) is 2.44. The number of ether oxygens (including phenoxy) is 1. The van der Waals surface area contributed by atoms with Crippen molar-refractivity contribution < 1.29 is 14.6 Å². The van der Waals surface area contributed by atoms with Gasteiger partial charge in [-0.15, -0.1) is 0 Å². The molecule has 1 rings (SSSR count). The Morgan fingerprint density at radius 2 is 2.11 bits per heavy atom. The zero-order valence-electron chi connectivity index (χ0n) is 10.5.